The summed E-state index contributed by atoms with van der Waals surface area (Å²) in [5, 5.41) is 3.52. The van der Waals surface area contributed by atoms with Crippen molar-refractivity contribution >= 4 is 15.9 Å². The third kappa shape index (κ3) is 3.84. The highest BCUT2D eigenvalue weighted by Crippen LogP contribution is 2.33. The Morgan fingerprint density at radius 1 is 1.32 bits per heavy atom. The molecule has 5 heteroatoms. The van der Waals surface area contributed by atoms with E-state index in [2.05, 4.69) is 21.2 Å². The van der Waals surface area contributed by atoms with Gasteiger partial charge in [0.2, 0.25) is 0 Å². The lowest BCUT2D eigenvalue weighted by atomic mass is 10.1. The first-order chi connectivity index (χ1) is 9.24. The minimum Gasteiger partial charge on any atom is -0.493 e. The average Bonchev–Trinajstić information content (AvgIpc) is 2.46. The van der Waals surface area contributed by atoms with Crippen LogP contribution < -0.4 is 14.8 Å². The van der Waals surface area contributed by atoms with Crippen molar-refractivity contribution in [3.63, 3.8) is 0 Å². The summed E-state index contributed by atoms with van der Waals surface area (Å²) in [6, 6.07) is 4.38. The fourth-order valence-corrected chi connectivity index (χ4v) is 2.65. The molecule has 1 N–H and O–H groups in total. The van der Waals surface area contributed by atoms with E-state index in [1.54, 1.807) is 14.2 Å². The minimum atomic E-state index is 0.439. The number of rotatable bonds is 5. The molecule has 1 fully saturated rings. The lowest BCUT2D eigenvalue weighted by molar-refractivity contribution is 0.0699. The molecule has 1 atom stereocenters. The first kappa shape index (κ1) is 14.6. The summed E-state index contributed by atoms with van der Waals surface area (Å²) in [5.74, 6) is 1.49. The highest BCUT2D eigenvalue weighted by atomic mass is 79.9. The number of hydrogen-bond acceptors (Lipinski definition) is 4. The van der Waals surface area contributed by atoms with E-state index in [1.807, 2.05) is 12.1 Å². The molecule has 1 aromatic carbocycles. The molecule has 1 aliphatic rings. The Labute approximate surface area is 122 Å². The third-order valence-corrected chi connectivity index (χ3v) is 4.03. The second-order valence-corrected chi connectivity index (χ2v) is 5.45. The molecule has 1 aromatic rings. The Balaban J connectivity index is 2.02. The standard InChI is InChI=1S/C14H20BrNO3/c1-17-13-6-10(12(15)7-14(13)18-2)8-16-11-4-3-5-19-9-11/h6-7,11,16H,3-5,8-9H2,1-2H3. The number of ether oxygens (including phenoxy) is 3. The molecule has 0 aliphatic carbocycles. The number of nitrogens with one attached hydrogen (secondary N) is 1. The zero-order valence-corrected chi connectivity index (χ0v) is 13.0. The summed E-state index contributed by atoms with van der Waals surface area (Å²) in [4.78, 5) is 0. The zero-order chi connectivity index (χ0) is 13.7. The molecule has 0 bridgehead atoms. The summed E-state index contributed by atoms with van der Waals surface area (Å²) >= 11 is 3.57. The molecule has 0 radical (unpaired) electrons. The largest absolute Gasteiger partial charge is 0.493 e. The van der Waals surface area contributed by atoms with Crippen LogP contribution in [0, 0.1) is 0 Å². The molecule has 19 heavy (non-hydrogen) atoms. The monoisotopic (exact) mass is 329 g/mol. The van der Waals surface area contributed by atoms with Gasteiger partial charge in [-0.05, 0) is 30.5 Å². The molecule has 2 rings (SSSR count). The molecule has 4 nitrogen and oxygen atoms in total. The molecule has 1 aliphatic heterocycles. The van der Waals surface area contributed by atoms with E-state index in [4.69, 9.17) is 14.2 Å². The van der Waals surface area contributed by atoms with E-state index in [9.17, 15) is 0 Å². The summed E-state index contributed by atoms with van der Waals surface area (Å²) in [7, 11) is 3.29. The van der Waals surface area contributed by atoms with Crippen LogP contribution in [-0.2, 0) is 11.3 Å². The van der Waals surface area contributed by atoms with Gasteiger partial charge in [-0.15, -0.1) is 0 Å². The smallest absolute Gasteiger partial charge is 0.161 e. The van der Waals surface area contributed by atoms with Gasteiger partial charge in [-0.25, -0.2) is 0 Å². The maximum absolute atomic E-state index is 5.46. The zero-order valence-electron chi connectivity index (χ0n) is 11.4. The molecular formula is C14H20BrNO3. The van der Waals surface area contributed by atoms with E-state index in [0.717, 1.165) is 47.7 Å². The van der Waals surface area contributed by atoms with Crippen molar-refractivity contribution in [2.24, 2.45) is 0 Å². The summed E-state index contributed by atoms with van der Waals surface area (Å²) in [6.45, 7) is 2.47. The topological polar surface area (TPSA) is 39.7 Å². The molecule has 106 valence electrons. The van der Waals surface area contributed by atoms with Crippen LogP contribution in [0.5, 0.6) is 11.5 Å². The van der Waals surface area contributed by atoms with Gasteiger partial charge < -0.3 is 19.5 Å². The highest BCUT2D eigenvalue weighted by Gasteiger charge is 2.15. The van der Waals surface area contributed by atoms with Crippen molar-refractivity contribution in [2.75, 3.05) is 27.4 Å². The van der Waals surface area contributed by atoms with Gasteiger partial charge in [-0.2, -0.15) is 0 Å². The van der Waals surface area contributed by atoms with Gasteiger partial charge in [0.25, 0.3) is 0 Å². The SMILES string of the molecule is COc1cc(Br)c(CNC2CCCOC2)cc1OC. The molecule has 0 spiro atoms. The fourth-order valence-electron chi connectivity index (χ4n) is 2.19. The van der Waals surface area contributed by atoms with Gasteiger partial charge in [-0.3, -0.25) is 0 Å². The normalized spacial score (nSPS) is 19.2. The van der Waals surface area contributed by atoms with Crippen molar-refractivity contribution in [3.05, 3.63) is 22.2 Å². The van der Waals surface area contributed by atoms with E-state index < -0.39 is 0 Å². The molecule has 0 amide bonds. The van der Waals surface area contributed by atoms with Gasteiger partial charge in [0, 0.05) is 23.7 Å². The van der Waals surface area contributed by atoms with E-state index in [1.165, 1.54) is 6.42 Å². The van der Waals surface area contributed by atoms with Crippen LogP contribution in [0.25, 0.3) is 0 Å². The summed E-state index contributed by atoms with van der Waals surface area (Å²) in [5.41, 5.74) is 1.16. The van der Waals surface area contributed by atoms with E-state index in [-0.39, 0.29) is 0 Å². The van der Waals surface area contributed by atoms with Crippen LogP contribution in [0.4, 0.5) is 0 Å². The van der Waals surface area contributed by atoms with Crippen LogP contribution in [-0.4, -0.2) is 33.5 Å². The van der Waals surface area contributed by atoms with Gasteiger partial charge in [-0.1, -0.05) is 15.9 Å². The Morgan fingerprint density at radius 3 is 2.68 bits per heavy atom. The van der Waals surface area contributed by atoms with Crippen molar-refractivity contribution in [1.29, 1.82) is 0 Å². The molecule has 0 aromatic heterocycles. The Kier molecular flexibility index (Phi) is 5.48. The number of methoxy groups -OCH3 is 2. The molecule has 1 unspecified atom stereocenters. The van der Waals surface area contributed by atoms with E-state index in [0.29, 0.717) is 6.04 Å². The fraction of sp³-hybridized carbons (Fsp3) is 0.571. The molecule has 1 saturated heterocycles. The molecular weight excluding hydrogens is 310 g/mol. The highest BCUT2D eigenvalue weighted by molar-refractivity contribution is 9.10. The van der Waals surface area contributed by atoms with Crippen molar-refractivity contribution in [3.8, 4) is 11.5 Å². The lowest BCUT2D eigenvalue weighted by Gasteiger charge is -2.23. The third-order valence-electron chi connectivity index (χ3n) is 3.29. The van der Waals surface area contributed by atoms with Gasteiger partial charge in [0.05, 0.1) is 20.8 Å². The number of hydrogen-bond donors (Lipinski definition) is 1. The number of halogens is 1. The minimum absolute atomic E-state index is 0.439. The second-order valence-electron chi connectivity index (χ2n) is 4.59. The molecule has 1 heterocycles. The van der Waals surface area contributed by atoms with Crippen LogP contribution in [0.15, 0.2) is 16.6 Å². The Bertz CT molecular complexity index is 419. The van der Waals surface area contributed by atoms with Gasteiger partial charge >= 0.3 is 0 Å². The van der Waals surface area contributed by atoms with Crippen molar-refractivity contribution in [2.45, 2.75) is 25.4 Å². The molecule has 0 saturated carbocycles. The van der Waals surface area contributed by atoms with Crippen LogP contribution in [0.3, 0.4) is 0 Å². The van der Waals surface area contributed by atoms with Gasteiger partial charge in [0.15, 0.2) is 11.5 Å². The second kappa shape index (κ2) is 7.12. The predicted octanol–water partition coefficient (Wildman–Crippen LogP) is 2.73. The maximum atomic E-state index is 5.46. The number of benzene rings is 1. The first-order valence-electron chi connectivity index (χ1n) is 6.46. The van der Waals surface area contributed by atoms with Gasteiger partial charge in [0.1, 0.15) is 0 Å². The lowest BCUT2D eigenvalue weighted by Crippen LogP contribution is -2.36. The summed E-state index contributed by atoms with van der Waals surface area (Å²) in [6.07, 6.45) is 2.30. The quantitative estimate of drug-likeness (QED) is 0.901. The van der Waals surface area contributed by atoms with Crippen molar-refractivity contribution in [1.82, 2.24) is 5.32 Å². The van der Waals surface area contributed by atoms with E-state index >= 15 is 0 Å². The van der Waals surface area contributed by atoms with Crippen LogP contribution in [0.1, 0.15) is 18.4 Å². The predicted molar refractivity (Wildman–Crippen MR) is 77.9 cm³/mol. The van der Waals surface area contributed by atoms with Crippen molar-refractivity contribution < 1.29 is 14.2 Å². The average molecular weight is 330 g/mol. The summed E-state index contributed by atoms with van der Waals surface area (Å²) < 4.78 is 17.1. The Hall–Kier alpha value is -0.780. The first-order valence-corrected chi connectivity index (χ1v) is 7.25. The maximum Gasteiger partial charge on any atom is 0.161 e. The van der Waals surface area contributed by atoms with Crippen LogP contribution >= 0.6 is 15.9 Å². The Morgan fingerprint density at radius 2 is 2.05 bits per heavy atom. The van der Waals surface area contributed by atoms with Crippen LogP contribution in [0.2, 0.25) is 0 Å².